The fraction of sp³-hybridized carbons (Fsp3) is 0.480. The van der Waals surface area contributed by atoms with Crippen LogP contribution in [0.3, 0.4) is 0 Å². The quantitative estimate of drug-likeness (QED) is 0.564. The molecular formula is C25H30N6O3. The first-order valence-corrected chi connectivity index (χ1v) is 11.9. The summed E-state index contributed by atoms with van der Waals surface area (Å²) in [4.78, 5) is 40.2. The standard InChI is InChI=1S/C25H30N6O3/c1-34-23-6-3-17-4-7-24(33)31(25(17)29-23)13-12-30-10-8-19(9-11-30)26-16-22-27-15-18-2-5-20(32)14-21(18)28-22/h3-4,6-7,15,19,26H,2,5,8-14,16H2,1H3. The van der Waals surface area contributed by atoms with E-state index in [0.717, 1.165) is 61.4 Å². The van der Waals surface area contributed by atoms with E-state index in [4.69, 9.17) is 4.74 Å². The van der Waals surface area contributed by atoms with Crippen molar-refractivity contribution in [2.24, 2.45) is 0 Å². The molecule has 3 aromatic rings. The van der Waals surface area contributed by atoms with Crippen LogP contribution in [0, 0.1) is 0 Å². The van der Waals surface area contributed by atoms with Crippen molar-refractivity contribution in [3.63, 3.8) is 0 Å². The Hall–Kier alpha value is -3.17. The first-order valence-electron chi connectivity index (χ1n) is 11.9. The number of methoxy groups -OCH3 is 1. The molecule has 0 spiro atoms. The van der Waals surface area contributed by atoms with Crippen LogP contribution < -0.4 is 15.6 Å². The molecule has 0 saturated carbocycles. The van der Waals surface area contributed by atoms with Gasteiger partial charge in [-0.2, -0.15) is 4.98 Å². The number of nitrogens with one attached hydrogen (secondary N) is 1. The number of aromatic nitrogens is 4. The van der Waals surface area contributed by atoms with Crippen LogP contribution in [0.1, 0.15) is 36.3 Å². The molecule has 34 heavy (non-hydrogen) atoms. The smallest absolute Gasteiger partial charge is 0.252 e. The predicted molar refractivity (Wildman–Crippen MR) is 128 cm³/mol. The largest absolute Gasteiger partial charge is 0.481 e. The van der Waals surface area contributed by atoms with Crippen LogP contribution in [0.2, 0.25) is 0 Å². The zero-order valence-electron chi connectivity index (χ0n) is 19.5. The third-order valence-corrected chi connectivity index (χ3v) is 6.83. The van der Waals surface area contributed by atoms with E-state index in [1.54, 1.807) is 17.7 Å². The normalized spacial score (nSPS) is 17.1. The monoisotopic (exact) mass is 462 g/mol. The Morgan fingerprint density at radius 3 is 2.71 bits per heavy atom. The van der Waals surface area contributed by atoms with Crippen molar-refractivity contribution in [1.82, 2.24) is 29.7 Å². The Bertz CT molecular complexity index is 1250. The minimum atomic E-state index is -0.0449. The molecule has 9 nitrogen and oxygen atoms in total. The van der Waals surface area contributed by atoms with Gasteiger partial charge in [-0.1, -0.05) is 0 Å². The topological polar surface area (TPSA) is 102 Å². The number of carbonyl (C=O) groups is 1. The highest BCUT2D eigenvalue weighted by molar-refractivity contribution is 5.82. The number of likely N-dealkylation sites (tertiary alicyclic amines) is 1. The zero-order chi connectivity index (χ0) is 23.5. The lowest BCUT2D eigenvalue weighted by atomic mass is 9.96. The summed E-state index contributed by atoms with van der Waals surface area (Å²) in [6.07, 6.45) is 5.74. The molecule has 0 amide bonds. The number of nitrogens with zero attached hydrogens (tertiary/aromatic N) is 5. The molecule has 0 radical (unpaired) electrons. The van der Waals surface area contributed by atoms with Gasteiger partial charge in [-0.15, -0.1) is 0 Å². The zero-order valence-corrected chi connectivity index (χ0v) is 19.5. The summed E-state index contributed by atoms with van der Waals surface area (Å²) in [7, 11) is 1.58. The molecule has 178 valence electrons. The Morgan fingerprint density at radius 2 is 1.88 bits per heavy atom. The fourth-order valence-electron chi connectivity index (χ4n) is 4.79. The van der Waals surface area contributed by atoms with Gasteiger partial charge in [0.1, 0.15) is 17.3 Å². The second kappa shape index (κ2) is 9.99. The Balaban J connectivity index is 1.13. The van der Waals surface area contributed by atoms with Crippen LogP contribution in [0.25, 0.3) is 11.0 Å². The molecule has 0 bridgehead atoms. The average molecular weight is 463 g/mol. The number of aryl methyl sites for hydroxylation is 1. The van der Waals surface area contributed by atoms with E-state index in [0.29, 0.717) is 43.5 Å². The van der Waals surface area contributed by atoms with Gasteiger partial charge in [-0.25, -0.2) is 9.97 Å². The molecule has 0 atom stereocenters. The number of piperidine rings is 1. The van der Waals surface area contributed by atoms with Crippen LogP contribution in [0.4, 0.5) is 0 Å². The molecule has 1 fully saturated rings. The van der Waals surface area contributed by atoms with E-state index in [-0.39, 0.29) is 11.3 Å². The summed E-state index contributed by atoms with van der Waals surface area (Å²) < 4.78 is 6.98. The average Bonchev–Trinajstić information content (AvgIpc) is 2.87. The summed E-state index contributed by atoms with van der Waals surface area (Å²) in [6, 6.07) is 7.55. The lowest BCUT2D eigenvalue weighted by molar-refractivity contribution is -0.118. The number of pyridine rings is 2. The van der Waals surface area contributed by atoms with Crippen molar-refractivity contribution < 1.29 is 9.53 Å². The molecular weight excluding hydrogens is 432 g/mol. The summed E-state index contributed by atoms with van der Waals surface area (Å²) in [5, 5.41) is 4.51. The molecule has 0 unspecified atom stereocenters. The molecule has 5 rings (SSSR count). The third-order valence-electron chi connectivity index (χ3n) is 6.83. The maximum Gasteiger partial charge on any atom is 0.252 e. The van der Waals surface area contributed by atoms with Crippen LogP contribution in [-0.2, 0) is 30.7 Å². The number of ketones is 1. The van der Waals surface area contributed by atoms with Gasteiger partial charge in [0, 0.05) is 55.7 Å². The minimum Gasteiger partial charge on any atom is -0.481 e. The molecule has 1 saturated heterocycles. The molecule has 1 N–H and O–H groups in total. The number of rotatable bonds is 7. The number of carbonyl (C=O) groups excluding carboxylic acids is 1. The minimum absolute atomic E-state index is 0.0449. The first-order chi connectivity index (χ1) is 16.6. The van der Waals surface area contributed by atoms with E-state index < -0.39 is 0 Å². The number of Topliss-reactive ketones (excluding diaryl/α,β-unsaturated/α-hetero) is 1. The lowest BCUT2D eigenvalue weighted by Crippen LogP contribution is -2.43. The number of fused-ring (bicyclic) bond motifs is 2. The molecule has 3 aromatic heterocycles. The third kappa shape index (κ3) is 5.00. The van der Waals surface area contributed by atoms with E-state index in [2.05, 4.69) is 25.2 Å². The van der Waals surface area contributed by atoms with Gasteiger partial charge in [0.25, 0.3) is 5.56 Å². The van der Waals surface area contributed by atoms with Crippen LogP contribution in [-0.4, -0.2) is 63.0 Å². The van der Waals surface area contributed by atoms with Crippen LogP contribution in [0.5, 0.6) is 5.88 Å². The molecule has 9 heteroatoms. The van der Waals surface area contributed by atoms with E-state index >= 15 is 0 Å². The highest BCUT2D eigenvalue weighted by atomic mass is 16.5. The molecule has 4 heterocycles. The Kier molecular flexibility index (Phi) is 6.64. The SMILES string of the molecule is COc1ccc2ccc(=O)n(CCN3CCC(NCc4ncc5c(n4)CC(=O)CC5)CC3)c2n1. The maximum atomic E-state index is 12.5. The molecule has 1 aliphatic heterocycles. The highest BCUT2D eigenvalue weighted by Gasteiger charge is 2.21. The Morgan fingerprint density at radius 1 is 1.06 bits per heavy atom. The van der Waals surface area contributed by atoms with Crippen molar-refractivity contribution in [2.45, 2.75) is 51.2 Å². The molecule has 2 aliphatic rings. The second-order valence-electron chi connectivity index (χ2n) is 9.06. The van der Waals surface area contributed by atoms with Gasteiger partial charge >= 0.3 is 0 Å². The van der Waals surface area contributed by atoms with Gasteiger partial charge in [0.15, 0.2) is 0 Å². The summed E-state index contributed by atoms with van der Waals surface area (Å²) >= 11 is 0. The van der Waals surface area contributed by atoms with Crippen molar-refractivity contribution in [3.8, 4) is 5.88 Å². The van der Waals surface area contributed by atoms with Gasteiger partial charge in [-0.3, -0.25) is 14.2 Å². The number of hydrogen-bond acceptors (Lipinski definition) is 8. The highest BCUT2D eigenvalue weighted by Crippen LogP contribution is 2.18. The summed E-state index contributed by atoms with van der Waals surface area (Å²) in [5.41, 5.74) is 2.62. The summed E-state index contributed by atoms with van der Waals surface area (Å²) in [5.74, 6) is 1.53. The fourth-order valence-corrected chi connectivity index (χ4v) is 4.79. The van der Waals surface area contributed by atoms with Crippen LogP contribution in [0.15, 0.2) is 35.3 Å². The second-order valence-corrected chi connectivity index (χ2v) is 9.06. The summed E-state index contributed by atoms with van der Waals surface area (Å²) in [6.45, 7) is 3.94. The van der Waals surface area contributed by atoms with Crippen molar-refractivity contribution in [2.75, 3.05) is 26.7 Å². The first kappa shape index (κ1) is 22.6. The van der Waals surface area contributed by atoms with Gasteiger partial charge in [0.05, 0.1) is 19.3 Å². The van der Waals surface area contributed by atoms with Gasteiger partial charge < -0.3 is 15.0 Å². The van der Waals surface area contributed by atoms with Crippen molar-refractivity contribution in [1.29, 1.82) is 0 Å². The van der Waals surface area contributed by atoms with Gasteiger partial charge in [-0.05, 0) is 50.0 Å². The van der Waals surface area contributed by atoms with E-state index in [1.165, 1.54) is 0 Å². The lowest BCUT2D eigenvalue weighted by Gasteiger charge is -2.32. The van der Waals surface area contributed by atoms with Crippen LogP contribution >= 0.6 is 0 Å². The van der Waals surface area contributed by atoms with Gasteiger partial charge in [0.2, 0.25) is 5.88 Å². The van der Waals surface area contributed by atoms with E-state index in [1.807, 2.05) is 24.4 Å². The Labute approximate surface area is 198 Å². The molecule has 0 aromatic carbocycles. The number of ether oxygens (including phenoxy) is 1. The maximum absolute atomic E-state index is 12.5. The van der Waals surface area contributed by atoms with Crippen molar-refractivity contribution in [3.05, 3.63) is 57.9 Å². The van der Waals surface area contributed by atoms with Crippen molar-refractivity contribution >= 4 is 16.8 Å². The van der Waals surface area contributed by atoms with E-state index in [9.17, 15) is 9.59 Å². The predicted octanol–water partition coefficient (Wildman–Crippen LogP) is 1.51. The number of hydrogen-bond donors (Lipinski definition) is 1. The molecule has 1 aliphatic carbocycles.